The van der Waals surface area contributed by atoms with Crippen LogP contribution in [0.25, 0.3) is 0 Å². The van der Waals surface area contributed by atoms with Crippen LogP contribution in [0.1, 0.15) is 29.9 Å². The van der Waals surface area contributed by atoms with E-state index in [-0.39, 0.29) is 0 Å². The lowest BCUT2D eigenvalue weighted by Gasteiger charge is -2.10. The maximum absolute atomic E-state index is 5.12. The minimum absolute atomic E-state index is 0.396. The molecule has 0 fully saturated rings. The number of aromatic nitrogens is 3. The predicted octanol–water partition coefficient (Wildman–Crippen LogP) is 2.82. The normalized spacial score (nSPS) is 10.6. The molecule has 0 aliphatic carbocycles. The van der Waals surface area contributed by atoms with Crippen molar-refractivity contribution in [3.8, 4) is 0 Å². The number of hydrogen-bond acceptors (Lipinski definition) is 7. The van der Waals surface area contributed by atoms with Gasteiger partial charge in [0.15, 0.2) is 5.82 Å². The topological polar surface area (TPSA) is 72.0 Å². The van der Waals surface area contributed by atoms with Crippen LogP contribution < -0.4 is 10.6 Å². The molecule has 0 aliphatic heterocycles. The van der Waals surface area contributed by atoms with Crippen LogP contribution in [0.5, 0.6) is 0 Å². The molecule has 2 aromatic heterocycles. The number of methoxy groups -OCH3 is 1. The van der Waals surface area contributed by atoms with Crippen LogP contribution in [-0.4, -0.2) is 28.6 Å². The quantitative estimate of drug-likeness (QED) is 0.781. The molecule has 0 amide bonds. The van der Waals surface area contributed by atoms with E-state index in [1.807, 2.05) is 18.4 Å². The van der Waals surface area contributed by atoms with Gasteiger partial charge in [0.2, 0.25) is 0 Å². The Kier molecular flexibility index (Phi) is 5.89. The zero-order valence-corrected chi connectivity index (χ0v) is 13.5. The average molecular weight is 307 g/mol. The molecule has 0 saturated carbocycles. The van der Waals surface area contributed by atoms with E-state index in [9.17, 15) is 0 Å². The molecular weight excluding hydrogens is 286 g/mol. The third kappa shape index (κ3) is 4.95. The lowest BCUT2D eigenvalue weighted by atomic mass is 10.4. The first kappa shape index (κ1) is 15.7. The summed E-state index contributed by atoms with van der Waals surface area (Å²) < 4.78 is 5.12. The zero-order valence-electron chi connectivity index (χ0n) is 12.6. The number of hydrogen-bond donors (Lipinski definition) is 2. The molecule has 21 heavy (non-hydrogen) atoms. The highest BCUT2D eigenvalue weighted by molar-refractivity contribution is 7.09. The molecule has 6 nitrogen and oxygen atoms in total. The second-order valence-electron chi connectivity index (χ2n) is 4.65. The minimum atomic E-state index is 0.396. The first-order valence-electron chi connectivity index (χ1n) is 6.97. The standard InChI is InChI=1S/C14H21N5OS/c1-4-5-15-11-6-12(19-13(18-11)8-20-3)16-7-14-17-10(2)9-21-14/h6,9H,4-5,7-8H2,1-3H3,(H2,15,16,18,19). The molecular formula is C14H21N5OS. The molecule has 0 atom stereocenters. The third-order valence-corrected chi connectivity index (χ3v) is 3.66. The van der Waals surface area contributed by atoms with E-state index < -0.39 is 0 Å². The highest BCUT2D eigenvalue weighted by Gasteiger charge is 2.05. The maximum Gasteiger partial charge on any atom is 0.158 e. The van der Waals surface area contributed by atoms with Crippen molar-refractivity contribution in [3.63, 3.8) is 0 Å². The largest absolute Gasteiger partial charge is 0.377 e. The van der Waals surface area contributed by atoms with E-state index in [2.05, 4.69) is 32.5 Å². The smallest absolute Gasteiger partial charge is 0.158 e. The highest BCUT2D eigenvalue weighted by atomic mass is 32.1. The summed E-state index contributed by atoms with van der Waals surface area (Å²) in [7, 11) is 1.64. The van der Waals surface area contributed by atoms with Gasteiger partial charge in [-0.25, -0.2) is 15.0 Å². The molecule has 7 heteroatoms. The van der Waals surface area contributed by atoms with E-state index in [0.29, 0.717) is 19.0 Å². The summed E-state index contributed by atoms with van der Waals surface area (Å²) in [4.78, 5) is 13.3. The van der Waals surface area contributed by atoms with Gasteiger partial charge < -0.3 is 15.4 Å². The highest BCUT2D eigenvalue weighted by Crippen LogP contribution is 2.15. The van der Waals surface area contributed by atoms with Gasteiger partial charge in [0.05, 0.1) is 6.54 Å². The monoisotopic (exact) mass is 307 g/mol. The minimum Gasteiger partial charge on any atom is -0.377 e. The predicted molar refractivity (Wildman–Crippen MR) is 85.7 cm³/mol. The van der Waals surface area contributed by atoms with Crippen LogP contribution in [-0.2, 0) is 17.9 Å². The van der Waals surface area contributed by atoms with Crippen molar-refractivity contribution >= 4 is 23.0 Å². The molecule has 0 saturated heterocycles. The number of aryl methyl sites for hydroxylation is 1. The lowest BCUT2D eigenvalue weighted by molar-refractivity contribution is 0.178. The first-order chi connectivity index (χ1) is 10.2. The third-order valence-electron chi connectivity index (χ3n) is 2.69. The number of nitrogens with one attached hydrogen (secondary N) is 2. The first-order valence-corrected chi connectivity index (χ1v) is 7.85. The van der Waals surface area contributed by atoms with Gasteiger partial charge in [-0.05, 0) is 13.3 Å². The Morgan fingerprint density at radius 1 is 1.19 bits per heavy atom. The van der Waals surface area contributed by atoms with E-state index in [4.69, 9.17) is 4.74 Å². The summed E-state index contributed by atoms with van der Waals surface area (Å²) in [5.74, 6) is 2.26. The molecule has 2 rings (SSSR count). The molecule has 0 aliphatic rings. The Bertz CT molecular complexity index is 572. The Balaban J connectivity index is 2.07. The van der Waals surface area contributed by atoms with Crippen molar-refractivity contribution in [2.24, 2.45) is 0 Å². The van der Waals surface area contributed by atoms with Crippen LogP contribution in [0.4, 0.5) is 11.6 Å². The van der Waals surface area contributed by atoms with Gasteiger partial charge in [0, 0.05) is 30.8 Å². The number of rotatable bonds is 8. The summed E-state index contributed by atoms with van der Waals surface area (Å²) in [6, 6.07) is 1.91. The Morgan fingerprint density at radius 3 is 2.57 bits per heavy atom. The summed E-state index contributed by atoms with van der Waals surface area (Å²) >= 11 is 1.64. The SMILES string of the molecule is CCCNc1cc(NCc2nc(C)cs2)nc(COC)n1. The molecule has 114 valence electrons. The Labute approximate surface area is 129 Å². The number of ether oxygens (including phenoxy) is 1. The summed E-state index contributed by atoms with van der Waals surface area (Å²) in [6.07, 6.45) is 1.05. The number of nitrogens with zero attached hydrogens (tertiary/aromatic N) is 3. The second kappa shape index (κ2) is 7.90. The van der Waals surface area contributed by atoms with Crippen molar-refractivity contribution < 1.29 is 4.74 Å². The molecule has 0 aromatic carbocycles. The van der Waals surface area contributed by atoms with Crippen molar-refractivity contribution in [2.75, 3.05) is 24.3 Å². The summed E-state index contributed by atoms with van der Waals surface area (Å²) in [5.41, 5.74) is 1.05. The van der Waals surface area contributed by atoms with E-state index in [1.165, 1.54) is 0 Å². The van der Waals surface area contributed by atoms with Crippen LogP contribution in [0, 0.1) is 6.92 Å². The zero-order chi connectivity index (χ0) is 15.1. The van der Waals surface area contributed by atoms with Gasteiger partial charge in [0.1, 0.15) is 23.3 Å². The van der Waals surface area contributed by atoms with Gasteiger partial charge in [-0.3, -0.25) is 0 Å². The van der Waals surface area contributed by atoms with E-state index >= 15 is 0 Å². The fraction of sp³-hybridized carbons (Fsp3) is 0.500. The molecule has 2 heterocycles. The molecule has 0 bridgehead atoms. The number of anilines is 2. The van der Waals surface area contributed by atoms with Gasteiger partial charge in [-0.2, -0.15) is 0 Å². The van der Waals surface area contributed by atoms with Crippen LogP contribution in [0.2, 0.25) is 0 Å². The number of thiazole rings is 1. The maximum atomic E-state index is 5.12. The summed E-state index contributed by atoms with van der Waals surface area (Å²) in [5, 5.41) is 9.65. The summed E-state index contributed by atoms with van der Waals surface area (Å²) in [6.45, 7) is 6.05. The van der Waals surface area contributed by atoms with Gasteiger partial charge in [0.25, 0.3) is 0 Å². The van der Waals surface area contributed by atoms with Gasteiger partial charge in [-0.15, -0.1) is 11.3 Å². The van der Waals surface area contributed by atoms with Crippen molar-refractivity contribution in [1.29, 1.82) is 0 Å². The Morgan fingerprint density at radius 2 is 1.95 bits per heavy atom. The lowest BCUT2D eigenvalue weighted by Crippen LogP contribution is -2.09. The van der Waals surface area contributed by atoms with Gasteiger partial charge >= 0.3 is 0 Å². The average Bonchev–Trinajstić information content (AvgIpc) is 2.89. The molecule has 2 aromatic rings. The molecule has 0 unspecified atom stereocenters. The van der Waals surface area contributed by atoms with E-state index in [0.717, 1.165) is 35.3 Å². The van der Waals surface area contributed by atoms with Crippen LogP contribution in [0.15, 0.2) is 11.4 Å². The van der Waals surface area contributed by atoms with E-state index in [1.54, 1.807) is 18.4 Å². The van der Waals surface area contributed by atoms with Crippen LogP contribution in [0.3, 0.4) is 0 Å². The second-order valence-corrected chi connectivity index (χ2v) is 5.59. The van der Waals surface area contributed by atoms with Crippen LogP contribution >= 0.6 is 11.3 Å². The molecule has 2 N–H and O–H groups in total. The van der Waals surface area contributed by atoms with Crippen molar-refractivity contribution in [3.05, 3.63) is 28.0 Å². The van der Waals surface area contributed by atoms with Crippen molar-refractivity contribution in [1.82, 2.24) is 15.0 Å². The van der Waals surface area contributed by atoms with Crippen molar-refractivity contribution in [2.45, 2.75) is 33.4 Å². The fourth-order valence-corrected chi connectivity index (χ4v) is 2.49. The molecule has 0 spiro atoms. The van der Waals surface area contributed by atoms with Gasteiger partial charge in [-0.1, -0.05) is 6.92 Å². The molecule has 0 radical (unpaired) electrons. The Hall–Kier alpha value is -1.73. The fourth-order valence-electron chi connectivity index (χ4n) is 1.78.